The molecule has 0 aromatic heterocycles. The van der Waals surface area contributed by atoms with Gasteiger partial charge in [-0.2, -0.15) is 0 Å². The SMILES string of the molecule is CCC1(C2CCN(C(=O)c3cccc(C)c3C)CC2)NC(=O)N(Cc2ccc3c(c2)OCO3)C1=O. The molecule has 3 heterocycles. The summed E-state index contributed by atoms with van der Waals surface area (Å²) >= 11 is 0. The molecule has 0 saturated carbocycles. The first kappa shape index (κ1) is 23.2. The summed E-state index contributed by atoms with van der Waals surface area (Å²) in [5.74, 6) is 1.09. The first-order valence-corrected chi connectivity index (χ1v) is 12.2. The van der Waals surface area contributed by atoms with E-state index in [1.807, 2.05) is 56.0 Å². The van der Waals surface area contributed by atoms with E-state index in [-0.39, 0.29) is 37.1 Å². The molecule has 2 aromatic carbocycles. The van der Waals surface area contributed by atoms with Crippen molar-refractivity contribution in [2.45, 2.75) is 52.1 Å². The van der Waals surface area contributed by atoms with Gasteiger partial charge in [-0.3, -0.25) is 14.5 Å². The number of hydrogen-bond donors (Lipinski definition) is 1. The molecule has 5 rings (SSSR count). The van der Waals surface area contributed by atoms with Crippen LogP contribution >= 0.6 is 0 Å². The van der Waals surface area contributed by atoms with Crippen molar-refractivity contribution in [1.82, 2.24) is 15.1 Å². The third kappa shape index (κ3) is 3.90. The summed E-state index contributed by atoms with van der Waals surface area (Å²) in [7, 11) is 0. The van der Waals surface area contributed by atoms with E-state index in [1.54, 1.807) is 6.07 Å². The highest BCUT2D eigenvalue weighted by Gasteiger charge is 2.55. The lowest BCUT2D eigenvalue weighted by Crippen LogP contribution is -2.56. The molecule has 0 bridgehead atoms. The Balaban J connectivity index is 1.28. The van der Waals surface area contributed by atoms with Gasteiger partial charge in [0.05, 0.1) is 6.54 Å². The molecular formula is C27H31N3O5. The summed E-state index contributed by atoms with van der Waals surface area (Å²) in [6.07, 6.45) is 1.83. The van der Waals surface area contributed by atoms with Crippen LogP contribution in [0.15, 0.2) is 36.4 Å². The van der Waals surface area contributed by atoms with Gasteiger partial charge < -0.3 is 19.7 Å². The van der Waals surface area contributed by atoms with Crippen LogP contribution in [-0.4, -0.2) is 53.1 Å². The van der Waals surface area contributed by atoms with Crippen LogP contribution in [-0.2, 0) is 11.3 Å². The van der Waals surface area contributed by atoms with E-state index in [2.05, 4.69) is 5.32 Å². The number of carbonyl (C=O) groups excluding carboxylic acids is 3. The number of urea groups is 1. The van der Waals surface area contributed by atoms with Crippen molar-refractivity contribution in [3.05, 3.63) is 58.7 Å². The second-order valence-corrected chi connectivity index (χ2v) is 9.65. The van der Waals surface area contributed by atoms with E-state index >= 15 is 0 Å². The minimum absolute atomic E-state index is 0.0291. The topological polar surface area (TPSA) is 88.2 Å². The lowest BCUT2D eigenvalue weighted by molar-refractivity contribution is -0.134. The molecule has 2 fully saturated rings. The van der Waals surface area contributed by atoms with Crippen molar-refractivity contribution in [3.8, 4) is 11.5 Å². The summed E-state index contributed by atoms with van der Waals surface area (Å²) in [5.41, 5.74) is 2.69. The fourth-order valence-electron chi connectivity index (χ4n) is 5.54. The van der Waals surface area contributed by atoms with Crippen LogP contribution in [0.5, 0.6) is 11.5 Å². The lowest BCUT2D eigenvalue weighted by Gasteiger charge is -2.40. The molecule has 3 aliphatic heterocycles. The second-order valence-electron chi connectivity index (χ2n) is 9.65. The van der Waals surface area contributed by atoms with Crippen LogP contribution in [0, 0.1) is 19.8 Å². The second kappa shape index (κ2) is 8.91. The standard InChI is InChI=1S/C27H31N3O5/c1-4-27(20-10-12-29(13-11-20)24(31)21-7-5-6-17(2)18(21)3)25(32)30(26(33)28-27)15-19-8-9-22-23(14-19)35-16-34-22/h5-9,14,20H,4,10-13,15-16H2,1-3H3,(H,28,33). The highest BCUT2D eigenvalue weighted by molar-refractivity contribution is 6.07. The Hall–Kier alpha value is -3.55. The van der Waals surface area contributed by atoms with Crippen LogP contribution in [0.1, 0.15) is 53.2 Å². The van der Waals surface area contributed by atoms with Gasteiger partial charge in [0.2, 0.25) is 6.79 Å². The smallest absolute Gasteiger partial charge is 0.325 e. The number of hydrogen-bond acceptors (Lipinski definition) is 5. The van der Waals surface area contributed by atoms with Crippen molar-refractivity contribution in [3.63, 3.8) is 0 Å². The summed E-state index contributed by atoms with van der Waals surface area (Å²) < 4.78 is 10.8. The van der Waals surface area contributed by atoms with Gasteiger partial charge in [-0.15, -0.1) is 0 Å². The molecule has 3 aliphatic rings. The number of amides is 4. The summed E-state index contributed by atoms with van der Waals surface area (Å²) in [6, 6.07) is 10.9. The Morgan fingerprint density at radius 3 is 2.57 bits per heavy atom. The van der Waals surface area contributed by atoms with Gasteiger partial charge in [0.1, 0.15) is 5.54 Å². The van der Waals surface area contributed by atoms with Crippen LogP contribution in [0.25, 0.3) is 0 Å². The van der Waals surface area contributed by atoms with Crippen molar-refractivity contribution in [2.24, 2.45) is 5.92 Å². The molecule has 8 heteroatoms. The number of likely N-dealkylation sites (tertiary alicyclic amines) is 1. The van der Waals surface area contributed by atoms with Crippen LogP contribution in [0.2, 0.25) is 0 Å². The molecule has 0 aliphatic carbocycles. The van der Waals surface area contributed by atoms with Gasteiger partial charge in [0, 0.05) is 18.7 Å². The summed E-state index contributed by atoms with van der Waals surface area (Å²) in [6.45, 7) is 7.39. The number of aryl methyl sites for hydroxylation is 1. The maximum absolute atomic E-state index is 13.6. The summed E-state index contributed by atoms with van der Waals surface area (Å²) in [5, 5.41) is 3.03. The van der Waals surface area contributed by atoms with E-state index in [1.165, 1.54) is 4.90 Å². The molecule has 0 spiro atoms. The van der Waals surface area contributed by atoms with Crippen LogP contribution in [0.3, 0.4) is 0 Å². The maximum Gasteiger partial charge on any atom is 0.325 e. The van der Waals surface area contributed by atoms with Gasteiger partial charge in [0.15, 0.2) is 11.5 Å². The van der Waals surface area contributed by atoms with E-state index in [9.17, 15) is 14.4 Å². The van der Waals surface area contributed by atoms with Crippen LogP contribution < -0.4 is 14.8 Å². The van der Waals surface area contributed by atoms with Crippen molar-refractivity contribution >= 4 is 17.8 Å². The van der Waals surface area contributed by atoms with Gasteiger partial charge in [-0.1, -0.05) is 25.1 Å². The number of nitrogens with zero attached hydrogens (tertiary/aromatic N) is 2. The molecule has 8 nitrogen and oxygen atoms in total. The number of fused-ring (bicyclic) bond motifs is 1. The third-order valence-electron chi connectivity index (χ3n) is 7.85. The van der Waals surface area contributed by atoms with Crippen molar-refractivity contribution < 1.29 is 23.9 Å². The predicted molar refractivity (Wildman–Crippen MR) is 129 cm³/mol. The van der Waals surface area contributed by atoms with Gasteiger partial charge in [-0.25, -0.2) is 4.79 Å². The normalized spacial score (nSPS) is 22.0. The van der Waals surface area contributed by atoms with E-state index < -0.39 is 5.54 Å². The van der Waals surface area contributed by atoms with Crippen LogP contribution in [0.4, 0.5) is 4.79 Å². The Kier molecular flexibility index (Phi) is 5.91. The number of carbonyl (C=O) groups is 3. The average Bonchev–Trinajstić information content (AvgIpc) is 3.43. The number of rotatable bonds is 5. The Morgan fingerprint density at radius 2 is 1.83 bits per heavy atom. The Labute approximate surface area is 205 Å². The average molecular weight is 478 g/mol. The molecule has 184 valence electrons. The Bertz CT molecular complexity index is 1190. The molecule has 2 aromatic rings. The number of imide groups is 1. The lowest BCUT2D eigenvalue weighted by atomic mass is 9.75. The molecule has 1 atom stereocenters. The highest BCUT2D eigenvalue weighted by Crippen LogP contribution is 2.38. The molecule has 1 N–H and O–H groups in total. The molecule has 4 amide bonds. The minimum Gasteiger partial charge on any atom is -0.454 e. The number of piperidine rings is 1. The molecule has 35 heavy (non-hydrogen) atoms. The van der Waals surface area contributed by atoms with Gasteiger partial charge >= 0.3 is 6.03 Å². The number of nitrogens with one attached hydrogen (secondary N) is 1. The highest BCUT2D eigenvalue weighted by atomic mass is 16.7. The zero-order valence-electron chi connectivity index (χ0n) is 20.4. The monoisotopic (exact) mass is 477 g/mol. The fraction of sp³-hybridized carbons (Fsp3) is 0.444. The van der Waals surface area contributed by atoms with Gasteiger partial charge in [-0.05, 0) is 73.9 Å². The third-order valence-corrected chi connectivity index (χ3v) is 7.85. The fourth-order valence-corrected chi connectivity index (χ4v) is 5.54. The molecule has 2 saturated heterocycles. The van der Waals surface area contributed by atoms with E-state index in [0.717, 1.165) is 22.3 Å². The van der Waals surface area contributed by atoms with E-state index in [4.69, 9.17) is 9.47 Å². The molecule has 0 radical (unpaired) electrons. The van der Waals surface area contributed by atoms with Crippen molar-refractivity contribution in [1.29, 1.82) is 0 Å². The number of ether oxygens (including phenoxy) is 2. The number of benzene rings is 2. The first-order valence-electron chi connectivity index (χ1n) is 12.2. The Morgan fingerprint density at radius 1 is 1.09 bits per heavy atom. The summed E-state index contributed by atoms with van der Waals surface area (Å²) in [4.78, 5) is 42.9. The molecular weight excluding hydrogens is 446 g/mol. The van der Waals surface area contributed by atoms with E-state index in [0.29, 0.717) is 43.9 Å². The molecule has 1 unspecified atom stereocenters. The van der Waals surface area contributed by atoms with Gasteiger partial charge in [0.25, 0.3) is 11.8 Å². The zero-order valence-corrected chi connectivity index (χ0v) is 20.4. The maximum atomic E-state index is 13.6. The predicted octanol–water partition coefficient (Wildman–Crippen LogP) is 3.79. The first-order chi connectivity index (χ1) is 16.8. The largest absolute Gasteiger partial charge is 0.454 e. The minimum atomic E-state index is -0.943. The van der Waals surface area contributed by atoms with Crippen molar-refractivity contribution in [2.75, 3.05) is 19.9 Å². The quantitative estimate of drug-likeness (QED) is 0.662. The zero-order chi connectivity index (χ0) is 24.7.